The number of nitrogens with two attached hydrogens (primary N) is 1. The zero-order valence-electron chi connectivity index (χ0n) is 13.1. The predicted molar refractivity (Wildman–Crippen MR) is 88.2 cm³/mol. The molecule has 0 spiro atoms. The second-order valence-electron chi connectivity index (χ2n) is 5.97. The van der Waals surface area contributed by atoms with E-state index >= 15 is 0 Å². The Morgan fingerprint density at radius 1 is 1.14 bits per heavy atom. The van der Waals surface area contributed by atoms with Crippen molar-refractivity contribution in [3.63, 3.8) is 0 Å². The number of thioether (sulfide) groups is 1. The van der Waals surface area contributed by atoms with Crippen molar-refractivity contribution in [3.8, 4) is 11.6 Å². The van der Waals surface area contributed by atoms with Gasteiger partial charge in [0.1, 0.15) is 11.6 Å². The first-order valence-corrected chi connectivity index (χ1v) is 7.99. The number of nitrogen functional groups attached to an aromatic ring is 1. The van der Waals surface area contributed by atoms with Crippen molar-refractivity contribution in [1.82, 2.24) is 9.97 Å². The molecule has 2 aromatic rings. The summed E-state index contributed by atoms with van der Waals surface area (Å²) in [5.41, 5.74) is 8.13. The van der Waals surface area contributed by atoms with E-state index in [-0.39, 0.29) is 5.41 Å². The zero-order valence-corrected chi connectivity index (χ0v) is 13.9. The highest BCUT2D eigenvalue weighted by atomic mass is 32.2. The summed E-state index contributed by atoms with van der Waals surface area (Å²) < 4.78 is 5.97. The van der Waals surface area contributed by atoms with E-state index in [1.54, 1.807) is 6.07 Å². The van der Waals surface area contributed by atoms with Crippen LogP contribution in [0.2, 0.25) is 0 Å². The summed E-state index contributed by atoms with van der Waals surface area (Å²) in [5.74, 6) is 1.69. The molecule has 0 atom stereocenters. The molecular formula is C16H21N3OS. The van der Waals surface area contributed by atoms with Crippen LogP contribution < -0.4 is 10.5 Å². The van der Waals surface area contributed by atoms with Crippen molar-refractivity contribution < 1.29 is 4.74 Å². The Morgan fingerprint density at radius 2 is 1.86 bits per heavy atom. The van der Waals surface area contributed by atoms with Gasteiger partial charge in [0.15, 0.2) is 5.16 Å². The fourth-order valence-corrected chi connectivity index (χ4v) is 2.37. The summed E-state index contributed by atoms with van der Waals surface area (Å²) in [5, 5.41) is 0.606. The molecule has 0 aliphatic rings. The molecule has 0 radical (unpaired) electrons. The molecule has 0 saturated carbocycles. The van der Waals surface area contributed by atoms with Gasteiger partial charge in [-0.1, -0.05) is 50.2 Å². The van der Waals surface area contributed by atoms with Gasteiger partial charge in [0.25, 0.3) is 0 Å². The van der Waals surface area contributed by atoms with E-state index in [4.69, 9.17) is 10.5 Å². The van der Waals surface area contributed by atoms with Crippen LogP contribution in [0.3, 0.4) is 0 Å². The second kappa shape index (κ2) is 5.93. The molecular weight excluding hydrogens is 282 g/mol. The molecule has 21 heavy (non-hydrogen) atoms. The Hall–Kier alpha value is -1.75. The number of aryl methyl sites for hydroxylation is 1. The first kappa shape index (κ1) is 15.6. The molecule has 2 N–H and O–H groups in total. The van der Waals surface area contributed by atoms with E-state index in [0.717, 1.165) is 11.3 Å². The number of ether oxygens (including phenoxy) is 1. The van der Waals surface area contributed by atoms with Gasteiger partial charge in [0, 0.05) is 11.6 Å². The summed E-state index contributed by atoms with van der Waals surface area (Å²) in [6.07, 6.45) is 1.91. The van der Waals surface area contributed by atoms with Gasteiger partial charge in [-0.25, -0.2) is 4.98 Å². The molecule has 1 aromatic heterocycles. The van der Waals surface area contributed by atoms with Crippen LogP contribution in [-0.2, 0) is 5.41 Å². The highest BCUT2D eigenvalue weighted by Gasteiger charge is 2.20. The molecule has 0 amide bonds. The van der Waals surface area contributed by atoms with Crippen LogP contribution in [0.1, 0.15) is 31.9 Å². The van der Waals surface area contributed by atoms with Crippen LogP contribution in [0.15, 0.2) is 29.4 Å². The number of hydrogen-bond donors (Lipinski definition) is 1. The monoisotopic (exact) mass is 303 g/mol. The Labute approximate surface area is 130 Å². The SMILES string of the molecule is CSc1nc(N)cc(Oc2ccc(C)cc2C(C)(C)C)n1. The maximum absolute atomic E-state index is 5.97. The van der Waals surface area contributed by atoms with Crippen LogP contribution in [-0.4, -0.2) is 16.2 Å². The van der Waals surface area contributed by atoms with Gasteiger partial charge >= 0.3 is 0 Å². The number of benzene rings is 1. The van der Waals surface area contributed by atoms with Crippen molar-refractivity contribution in [2.24, 2.45) is 0 Å². The molecule has 2 rings (SSSR count). The zero-order chi connectivity index (χ0) is 15.6. The van der Waals surface area contributed by atoms with Crippen molar-refractivity contribution >= 4 is 17.6 Å². The van der Waals surface area contributed by atoms with Gasteiger partial charge in [-0.15, -0.1) is 0 Å². The van der Waals surface area contributed by atoms with E-state index in [0.29, 0.717) is 16.9 Å². The first-order valence-electron chi connectivity index (χ1n) is 6.77. The Bertz CT molecular complexity index is 650. The van der Waals surface area contributed by atoms with E-state index in [1.165, 1.54) is 17.3 Å². The average molecular weight is 303 g/mol. The van der Waals surface area contributed by atoms with Crippen LogP contribution in [0.4, 0.5) is 5.82 Å². The van der Waals surface area contributed by atoms with Gasteiger partial charge in [-0.2, -0.15) is 4.98 Å². The van der Waals surface area contributed by atoms with E-state index in [1.807, 2.05) is 18.4 Å². The molecule has 0 unspecified atom stereocenters. The molecule has 1 aromatic carbocycles. The highest BCUT2D eigenvalue weighted by Crippen LogP contribution is 2.34. The smallest absolute Gasteiger partial charge is 0.225 e. The summed E-state index contributed by atoms with van der Waals surface area (Å²) in [7, 11) is 0. The number of hydrogen-bond acceptors (Lipinski definition) is 5. The quantitative estimate of drug-likeness (QED) is 0.681. The Balaban J connectivity index is 2.42. The van der Waals surface area contributed by atoms with E-state index in [9.17, 15) is 0 Å². The third-order valence-electron chi connectivity index (χ3n) is 3.04. The van der Waals surface area contributed by atoms with Gasteiger partial charge in [0.2, 0.25) is 5.88 Å². The molecule has 0 fully saturated rings. The normalized spacial score (nSPS) is 11.5. The van der Waals surface area contributed by atoms with Gasteiger partial charge in [-0.3, -0.25) is 0 Å². The molecule has 0 saturated heterocycles. The van der Waals surface area contributed by atoms with Crippen LogP contribution in [0.25, 0.3) is 0 Å². The van der Waals surface area contributed by atoms with Crippen molar-refractivity contribution in [3.05, 3.63) is 35.4 Å². The summed E-state index contributed by atoms with van der Waals surface area (Å²) in [4.78, 5) is 8.47. The fourth-order valence-electron chi connectivity index (χ4n) is 2.00. The lowest BCUT2D eigenvalue weighted by Crippen LogP contribution is -2.13. The van der Waals surface area contributed by atoms with Crippen molar-refractivity contribution in [2.75, 3.05) is 12.0 Å². The third-order valence-corrected chi connectivity index (χ3v) is 3.59. The van der Waals surface area contributed by atoms with Gasteiger partial charge in [-0.05, 0) is 24.7 Å². The number of rotatable bonds is 3. The van der Waals surface area contributed by atoms with Crippen LogP contribution in [0.5, 0.6) is 11.6 Å². The molecule has 112 valence electrons. The lowest BCUT2D eigenvalue weighted by Gasteiger charge is -2.23. The third kappa shape index (κ3) is 3.88. The highest BCUT2D eigenvalue weighted by molar-refractivity contribution is 7.98. The minimum absolute atomic E-state index is 0.0116. The minimum atomic E-state index is -0.0116. The van der Waals surface area contributed by atoms with Crippen LogP contribution >= 0.6 is 11.8 Å². The van der Waals surface area contributed by atoms with Gasteiger partial charge in [0.05, 0.1) is 0 Å². The minimum Gasteiger partial charge on any atom is -0.439 e. The van der Waals surface area contributed by atoms with Gasteiger partial charge < -0.3 is 10.5 Å². The molecule has 0 aliphatic carbocycles. The molecule has 4 nitrogen and oxygen atoms in total. The number of aromatic nitrogens is 2. The number of anilines is 1. The summed E-state index contributed by atoms with van der Waals surface area (Å²) in [6, 6.07) is 7.80. The van der Waals surface area contributed by atoms with Crippen molar-refractivity contribution in [1.29, 1.82) is 0 Å². The molecule has 0 aliphatic heterocycles. The van der Waals surface area contributed by atoms with E-state index < -0.39 is 0 Å². The Morgan fingerprint density at radius 3 is 2.48 bits per heavy atom. The lowest BCUT2D eigenvalue weighted by molar-refractivity contribution is 0.434. The maximum Gasteiger partial charge on any atom is 0.225 e. The first-order chi connectivity index (χ1) is 9.79. The average Bonchev–Trinajstić information content (AvgIpc) is 2.39. The number of nitrogens with zero attached hydrogens (tertiary/aromatic N) is 2. The standard InChI is InChI=1S/C16H21N3OS/c1-10-6-7-12(11(8-10)16(2,3)4)20-14-9-13(17)18-15(19-14)21-5/h6-9H,1-5H3,(H2,17,18,19). The summed E-state index contributed by atoms with van der Waals surface area (Å²) in [6.45, 7) is 8.57. The topological polar surface area (TPSA) is 61.0 Å². The molecule has 5 heteroatoms. The summed E-state index contributed by atoms with van der Waals surface area (Å²) >= 11 is 1.44. The van der Waals surface area contributed by atoms with E-state index in [2.05, 4.69) is 43.7 Å². The Kier molecular flexibility index (Phi) is 4.42. The lowest BCUT2D eigenvalue weighted by atomic mass is 9.85. The predicted octanol–water partition coefficient (Wildman–Crippen LogP) is 4.18. The largest absolute Gasteiger partial charge is 0.439 e. The van der Waals surface area contributed by atoms with Crippen molar-refractivity contribution in [2.45, 2.75) is 38.3 Å². The maximum atomic E-state index is 5.97. The molecule has 1 heterocycles. The van der Waals surface area contributed by atoms with Crippen LogP contribution in [0, 0.1) is 6.92 Å². The fraction of sp³-hybridized carbons (Fsp3) is 0.375. The second-order valence-corrected chi connectivity index (χ2v) is 6.74. The molecule has 0 bridgehead atoms.